The maximum absolute atomic E-state index is 5.69. The summed E-state index contributed by atoms with van der Waals surface area (Å²) in [7, 11) is 0. The molecule has 1 fully saturated rings. The monoisotopic (exact) mass is 183 g/mol. The maximum Gasteiger partial charge on any atom is 0.0651 e. The first kappa shape index (κ1) is 10.7. The van der Waals surface area contributed by atoms with Crippen LogP contribution in [0.2, 0.25) is 0 Å². The van der Waals surface area contributed by atoms with Crippen LogP contribution in [0, 0.1) is 5.92 Å². The van der Waals surface area contributed by atoms with Crippen molar-refractivity contribution in [2.24, 2.45) is 11.7 Å². The Labute approximate surface area is 81.1 Å². The standard InChI is InChI=1S/C11H21NO/c1-10-4-6-11(7-5-10)13-9-3-2-8-12/h2-3,10-11H,4-9,12H2,1H3. The molecule has 0 spiro atoms. The summed E-state index contributed by atoms with van der Waals surface area (Å²) in [6.07, 6.45) is 9.58. The van der Waals surface area contributed by atoms with Crippen LogP contribution in [0.4, 0.5) is 0 Å². The van der Waals surface area contributed by atoms with Crippen molar-refractivity contribution >= 4 is 0 Å². The van der Waals surface area contributed by atoms with Gasteiger partial charge in [-0.05, 0) is 31.6 Å². The Morgan fingerprint density at radius 3 is 2.54 bits per heavy atom. The van der Waals surface area contributed by atoms with E-state index in [2.05, 4.69) is 6.92 Å². The molecule has 1 saturated carbocycles. The quantitative estimate of drug-likeness (QED) is 0.677. The Morgan fingerprint density at radius 2 is 1.92 bits per heavy atom. The summed E-state index contributed by atoms with van der Waals surface area (Å²) < 4.78 is 5.69. The van der Waals surface area contributed by atoms with Gasteiger partial charge in [-0.2, -0.15) is 0 Å². The first-order valence-corrected chi connectivity index (χ1v) is 5.29. The number of rotatable bonds is 4. The Bertz CT molecular complexity index is 148. The summed E-state index contributed by atoms with van der Waals surface area (Å²) in [5, 5.41) is 0. The van der Waals surface area contributed by atoms with Gasteiger partial charge in [0.1, 0.15) is 0 Å². The topological polar surface area (TPSA) is 35.2 Å². The van der Waals surface area contributed by atoms with Crippen LogP contribution in [-0.2, 0) is 4.74 Å². The van der Waals surface area contributed by atoms with Crippen LogP contribution < -0.4 is 5.73 Å². The van der Waals surface area contributed by atoms with E-state index in [1.165, 1.54) is 25.7 Å². The van der Waals surface area contributed by atoms with E-state index in [0.29, 0.717) is 12.6 Å². The normalized spacial score (nSPS) is 29.7. The summed E-state index contributed by atoms with van der Waals surface area (Å²) in [6.45, 7) is 3.67. The average molecular weight is 183 g/mol. The third-order valence-electron chi connectivity index (χ3n) is 2.69. The van der Waals surface area contributed by atoms with E-state index in [9.17, 15) is 0 Å². The van der Waals surface area contributed by atoms with Gasteiger partial charge in [0.2, 0.25) is 0 Å². The second-order valence-corrected chi connectivity index (χ2v) is 3.92. The van der Waals surface area contributed by atoms with Gasteiger partial charge in [0.05, 0.1) is 12.7 Å². The van der Waals surface area contributed by atoms with Crippen LogP contribution in [0.5, 0.6) is 0 Å². The highest BCUT2D eigenvalue weighted by atomic mass is 16.5. The molecule has 2 nitrogen and oxygen atoms in total. The molecule has 1 aliphatic rings. The molecule has 2 N–H and O–H groups in total. The van der Waals surface area contributed by atoms with Gasteiger partial charge in [-0.15, -0.1) is 0 Å². The van der Waals surface area contributed by atoms with Crippen LogP contribution in [-0.4, -0.2) is 19.3 Å². The SMILES string of the molecule is CC1CCC(OCC=CCN)CC1. The molecule has 0 aromatic rings. The molecule has 0 unspecified atom stereocenters. The van der Waals surface area contributed by atoms with E-state index >= 15 is 0 Å². The lowest BCUT2D eigenvalue weighted by Gasteiger charge is -2.25. The van der Waals surface area contributed by atoms with E-state index in [4.69, 9.17) is 10.5 Å². The molecule has 0 aromatic carbocycles. The molecular weight excluding hydrogens is 162 g/mol. The fourth-order valence-corrected chi connectivity index (χ4v) is 1.75. The summed E-state index contributed by atoms with van der Waals surface area (Å²) in [6, 6.07) is 0. The second kappa shape index (κ2) is 6.17. The fraction of sp³-hybridized carbons (Fsp3) is 0.818. The van der Waals surface area contributed by atoms with Gasteiger partial charge in [-0.3, -0.25) is 0 Å². The van der Waals surface area contributed by atoms with E-state index in [1.807, 2.05) is 12.2 Å². The lowest BCUT2D eigenvalue weighted by Crippen LogP contribution is -2.20. The summed E-state index contributed by atoms with van der Waals surface area (Å²) in [5.41, 5.74) is 5.32. The molecule has 76 valence electrons. The number of nitrogens with two attached hydrogens (primary N) is 1. The van der Waals surface area contributed by atoms with Crippen molar-refractivity contribution in [2.75, 3.05) is 13.2 Å². The maximum atomic E-state index is 5.69. The molecule has 0 atom stereocenters. The van der Waals surface area contributed by atoms with Crippen molar-refractivity contribution in [2.45, 2.75) is 38.7 Å². The van der Waals surface area contributed by atoms with Crippen molar-refractivity contribution in [3.63, 3.8) is 0 Å². The van der Waals surface area contributed by atoms with Gasteiger partial charge in [0.15, 0.2) is 0 Å². The van der Waals surface area contributed by atoms with Crippen molar-refractivity contribution in [1.29, 1.82) is 0 Å². The fourth-order valence-electron chi connectivity index (χ4n) is 1.75. The van der Waals surface area contributed by atoms with Crippen LogP contribution in [0.15, 0.2) is 12.2 Å². The highest BCUT2D eigenvalue weighted by molar-refractivity contribution is 4.82. The van der Waals surface area contributed by atoms with Gasteiger partial charge in [-0.25, -0.2) is 0 Å². The van der Waals surface area contributed by atoms with Crippen LogP contribution in [0.3, 0.4) is 0 Å². The summed E-state index contributed by atoms with van der Waals surface area (Å²) >= 11 is 0. The molecule has 0 saturated heterocycles. The van der Waals surface area contributed by atoms with Gasteiger partial charge < -0.3 is 10.5 Å². The number of hydrogen-bond acceptors (Lipinski definition) is 2. The van der Waals surface area contributed by atoms with Crippen LogP contribution in [0.25, 0.3) is 0 Å². The molecule has 0 bridgehead atoms. The highest BCUT2D eigenvalue weighted by Gasteiger charge is 2.17. The second-order valence-electron chi connectivity index (χ2n) is 3.92. The minimum absolute atomic E-state index is 0.499. The zero-order valence-electron chi connectivity index (χ0n) is 8.54. The van der Waals surface area contributed by atoms with Crippen molar-refractivity contribution in [3.8, 4) is 0 Å². The van der Waals surface area contributed by atoms with E-state index in [0.717, 1.165) is 12.5 Å². The largest absolute Gasteiger partial charge is 0.374 e. The number of ether oxygens (including phenoxy) is 1. The van der Waals surface area contributed by atoms with Crippen molar-refractivity contribution < 1.29 is 4.74 Å². The molecular formula is C11H21NO. The molecule has 0 radical (unpaired) electrons. The predicted molar refractivity (Wildman–Crippen MR) is 55.6 cm³/mol. The van der Waals surface area contributed by atoms with Gasteiger partial charge in [0, 0.05) is 6.54 Å². The Hall–Kier alpha value is -0.340. The smallest absolute Gasteiger partial charge is 0.0651 e. The van der Waals surface area contributed by atoms with E-state index < -0.39 is 0 Å². The molecule has 13 heavy (non-hydrogen) atoms. The zero-order chi connectivity index (χ0) is 9.52. The third-order valence-corrected chi connectivity index (χ3v) is 2.69. The average Bonchev–Trinajstić information content (AvgIpc) is 2.15. The van der Waals surface area contributed by atoms with E-state index in [-0.39, 0.29) is 0 Å². The Morgan fingerprint density at radius 1 is 1.23 bits per heavy atom. The predicted octanol–water partition coefficient (Wildman–Crippen LogP) is 2.10. The highest BCUT2D eigenvalue weighted by Crippen LogP contribution is 2.25. The van der Waals surface area contributed by atoms with Gasteiger partial charge in [-0.1, -0.05) is 19.1 Å². The molecule has 2 heteroatoms. The van der Waals surface area contributed by atoms with Gasteiger partial charge >= 0.3 is 0 Å². The minimum atomic E-state index is 0.499. The van der Waals surface area contributed by atoms with Crippen LogP contribution >= 0.6 is 0 Å². The van der Waals surface area contributed by atoms with Crippen LogP contribution in [0.1, 0.15) is 32.6 Å². The first-order chi connectivity index (χ1) is 6.33. The zero-order valence-corrected chi connectivity index (χ0v) is 8.54. The first-order valence-electron chi connectivity index (χ1n) is 5.29. The molecule has 1 rings (SSSR count). The lowest BCUT2D eigenvalue weighted by molar-refractivity contribution is 0.0366. The Balaban J connectivity index is 2.05. The lowest BCUT2D eigenvalue weighted by atomic mass is 9.89. The third kappa shape index (κ3) is 4.44. The molecule has 1 aliphatic carbocycles. The molecule has 0 amide bonds. The van der Waals surface area contributed by atoms with Crippen molar-refractivity contribution in [3.05, 3.63) is 12.2 Å². The summed E-state index contributed by atoms with van der Waals surface area (Å²) in [5.74, 6) is 0.902. The van der Waals surface area contributed by atoms with E-state index in [1.54, 1.807) is 0 Å². The molecule has 0 aromatic heterocycles. The number of hydrogen-bond donors (Lipinski definition) is 1. The summed E-state index contributed by atoms with van der Waals surface area (Å²) in [4.78, 5) is 0. The molecule has 0 heterocycles. The van der Waals surface area contributed by atoms with Crippen molar-refractivity contribution in [1.82, 2.24) is 0 Å². The minimum Gasteiger partial charge on any atom is -0.374 e. The Kier molecular flexibility index (Phi) is 5.09. The van der Waals surface area contributed by atoms with Gasteiger partial charge in [0.25, 0.3) is 0 Å². The molecule has 0 aliphatic heterocycles.